The summed E-state index contributed by atoms with van der Waals surface area (Å²) in [5.74, 6) is -1.52. The van der Waals surface area contributed by atoms with Gasteiger partial charge in [-0.3, -0.25) is 19.6 Å². The number of hydrogen-bond acceptors (Lipinski definition) is 5. The summed E-state index contributed by atoms with van der Waals surface area (Å²) in [6, 6.07) is 7.62. The van der Waals surface area contributed by atoms with Gasteiger partial charge >= 0.3 is 0 Å². The number of nitrogens with one attached hydrogen (secondary N) is 2. The summed E-state index contributed by atoms with van der Waals surface area (Å²) in [4.78, 5) is 34.2. The number of aromatic nitrogens is 2. The molecule has 0 spiro atoms. The van der Waals surface area contributed by atoms with Crippen LogP contribution in [-0.2, 0) is 27.4 Å². The fourth-order valence-electron chi connectivity index (χ4n) is 3.14. The Morgan fingerprint density at radius 2 is 1.54 bits per heavy atom. The minimum atomic E-state index is -0.793. The van der Waals surface area contributed by atoms with E-state index in [0.717, 1.165) is 22.5 Å². The third kappa shape index (κ3) is 5.36. The first-order valence-electron chi connectivity index (χ1n) is 9.49. The molecule has 2 aromatic heterocycles. The van der Waals surface area contributed by atoms with E-state index >= 15 is 0 Å². The second kappa shape index (κ2) is 9.41. The smallest absolute Gasteiger partial charge is 0.233 e. The summed E-state index contributed by atoms with van der Waals surface area (Å²) in [6.45, 7) is 5.47. The number of carbonyl (C=O) groups excluding carboxylic acids is 2. The van der Waals surface area contributed by atoms with Gasteiger partial charge < -0.3 is 15.4 Å². The molecule has 0 radical (unpaired) electrons. The second-order valence-corrected chi connectivity index (χ2v) is 7.19. The SMILES string of the molecule is Cc1ccc(CNC(=O)C(C(=O)NCc2ccc(C)cn2)C2CCOC2)nc1. The van der Waals surface area contributed by atoms with E-state index in [-0.39, 0.29) is 30.8 Å². The van der Waals surface area contributed by atoms with Gasteiger partial charge in [0.1, 0.15) is 5.92 Å². The molecule has 1 unspecified atom stereocenters. The van der Waals surface area contributed by atoms with E-state index in [1.807, 2.05) is 38.1 Å². The maximum Gasteiger partial charge on any atom is 0.233 e. The van der Waals surface area contributed by atoms with Crippen LogP contribution in [0.25, 0.3) is 0 Å². The van der Waals surface area contributed by atoms with Crippen molar-refractivity contribution in [2.45, 2.75) is 33.4 Å². The highest BCUT2D eigenvalue weighted by molar-refractivity contribution is 6.00. The average molecular weight is 382 g/mol. The average Bonchev–Trinajstić information content (AvgIpc) is 3.21. The van der Waals surface area contributed by atoms with E-state index in [4.69, 9.17) is 4.74 Å². The molecule has 1 saturated heterocycles. The monoisotopic (exact) mass is 382 g/mol. The molecule has 0 aliphatic carbocycles. The van der Waals surface area contributed by atoms with E-state index in [2.05, 4.69) is 20.6 Å². The lowest BCUT2D eigenvalue weighted by Gasteiger charge is -2.21. The molecule has 7 heteroatoms. The van der Waals surface area contributed by atoms with Crippen molar-refractivity contribution in [2.75, 3.05) is 13.2 Å². The molecule has 3 heterocycles. The molecule has 1 aliphatic rings. The lowest BCUT2D eigenvalue weighted by Crippen LogP contribution is -2.45. The topological polar surface area (TPSA) is 93.2 Å². The van der Waals surface area contributed by atoms with Gasteiger partial charge in [-0.2, -0.15) is 0 Å². The maximum atomic E-state index is 12.8. The van der Waals surface area contributed by atoms with E-state index in [9.17, 15) is 9.59 Å². The van der Waals surface area contributed by atoms with Crippen LogP contribution in [0.5, 0.6) is 0 Å². The number of ether oxygens (including phenoxy) is 1. The normalized spacial score (nSPS) is 16.2. The van der Waals surface area contributed by atoms with Gasteiger partial charge in [0.25, 0.3) is 0 Å². The molecule has 1 fully saturated rings. The lowest BCUT2D eigenvalue weighted by molar-refractivity contribution is -0.137. The summed E-state index contributed by atoms with van der Waals surface area (Å²) in [5.41, 5.74) is 3.62. The van der Waals surface area contributed by atoms with Gasteiger partial charge in [0.2, 0.25) is 11.8 Å². The molecule has 28 heavy (non-hydrogen) atoms. The van der Waals surface area contributed by atoms with Crippen molar-refractivity contribution in [3.63, 3.8) is 0 Å². The fourth-order valence-corrected chi connectivity index (χ4v) is 3.14. The Labute approximate surface area is 164 Å². The Morgan fingerprint density at radius 1 is 1.00 bits per heavy atom. The van der Waals surface area contributed by atoms with Crippen LogP contribution in [0, 0.1) is 25.7 Å². The Hall–Kier alpha value is -2.80. The van der Waals surface area contributed by atoms with Crippen LogP contribution in [0.2, 0.25) is 0 Å². The van der Waals surface area contributed by atoms with Crippen molar-refractivity contribution in [3.05, 3.63) is 59.2 Å². The number of rotatable bonds is 7. The summed E-state index contributed by atoms with van der Waals surface area (Å²) in [6.07, 6.45) is 4.20. The quantitative estimate of drug-likeness (QED) is 0.711. The minimum Gasteiger partial charge on any atom is -0.381 e. The highest BCUT2D eigenvalue weighted by atomic mass is 16.5. The molecule has 2 aromatic rings. The van der Waals surface area contributed by atoms with Crippen molar-refractivity contribution in [1.29, 1.82) is 0 Å². The first-order chi connectivity index (χ1) is 13.5. The summed E-state index contributed by atoms with van der Waals surface area (Å²) >= 11 is 0. The molecular formula is C21H26N4O3. The summed E-state index contributed by atoms with van der Waals surface area (Å²) in [5, 5.41) is 5.70. The Balaban J connectivity index is 1.61. The van der Waals surface area contributed by atoms with Gasteiger partial charge in [0, 0.05) is 24.9 Å². The molecule has 7 nitrogen and oxygen atoms in total. The molecule has 0 saturated carbocycles. The van der Waals surface area contributed by atoms with E-state index in [0.29, 0.717) is 19.6 Å². The van der Waals surface area contributed by atoms with Gasteiger partial charge in [0.15, 0.2) is 0 Å². The van der Waals surface area contributed by atoms with Crippen LogP contribution in [0.1, 0.15) is 28.9 Å². The Bertz CT molecular complexity index is 738. The van der Waals surface area contributed by atoms with Crippen molar-refractivity contribution >= 4 is 11.8 Å². The predicted octanol–water partition coefficient (Wildman–Crippen LogP) is 1.68. The Kier molecular flexibility index (Phi) is 6.71. The number of carbonyl (C=O) groups is 2. The van der Waals surface area contributed by atoms with Gasteiger partial charge in [0.05, 0.1) is 31.1 Å². The third-order valence-electron chi connectivity index (χ3n) is 4.83. The van der Waals surface area contributed by atoms with Crippen molar-refractivity contribution in [2.24, 2.45) is 11.8 Å². The molecule has 148 valence electrons. The van der Waals surface area contributed by atoms with Gasteiger partial charge in [-0.05, 0) is 43.5 Å². The van der Waals surface area contributed by atoms with Crippen LogP contribution in [0.15, 0.2) is 36.7 Å². The molecule has 2 N–H and O–H groups in total. The van der Waals surface area contributed by atoms with Crippen LogP contribution < -0.4 is 10.6 Å². The second-order valence-electron chi connectivity index (χ2n) is 7.19. The standard InChI is InChI=1S/C21H26N4O3/c1-14-3-5-17(22-9-14)11-24-20(26)19(16-7-8-28-13-16)21(27)25-12-18-6-4-15(2)10-23-18/h3-6,9-10,16,19H,7-8,11-13H2,1-2H3,(H,24,26)(H,25,27). The van der Waals surface area contributed by atoms with Crippen molar-refractivity contribution < 1.29 is 14.3 Å². The van der Waals surface area contributed by atoms with E-state index < -0.39 is 5.92 Å². The summed E-state index contributed by atoms with van der Waals surface area (Å²) in [7, 11) is 0. The zero-order chi connectivity index (χ0) is 19.9. The van der Waals surface area contributed by atoms with Crippen LogP contribution >= 0.6 is 0 Å². The zero-order valence-electron chi connectivity index (χ0n) is 16.3. The number of aryl methyl sites for hydroxylation is 2. The number of nitrogens with zero attached hydrogens (tertiary/aromatic N) is 2. The van der Waals surface area contributed by atoms with E-state index in [1.165, 1.54) is 0 Å². The molecule has 0 bridgehead atoms. The first-order valence-corrected chi connectivity index (χ1v) is 9.49. The lowest BCUT2D eigenvalue weighted by atomic mass is 9.89. The number of hydrogen-bond donors (Lipinski definition) is 2. The maximum absolute atomic E-state index is 12.8. The van der Waals surface area contributed by atoms with Gasteiger partial charge in [-0.1, -0.05) is 12.1 Å². The highest BCUT2D eigenvalue weighted by Gasteiger charge is 2.36. The molecule has 3 rings (SSSR count). The van der Waals surface area contributed by atoms with Crippen LogP contribution in [0.4, 0.5) is 0 Å². The number of pyridine rings is 2. The largest absolute Gasteiger partial charge is 0.381 e. The predicted molar refractivity (Wildman–Crippen MR) is 104 cm³/mol. The molecule has 1 atom stereocenters. The molecule has 0 aromatic carbocycles. The zero-order valence-corrected chi connectivity index (χ0v) is 16.3. The van der Waals surface area contributed by atoms with Gasteiger partial charge in [-0.15, -0.1) is 0 Å². The van der Waals surface area contributed by atoms with E-state index in [1.54, 1.807) is 12.4 Å². The first kappa shape index (κ1) is 19.9. The fraction of sp³-hybridized carbons (Fsp3) is 0.429. The van der Waals surface area contributed by atoms with Crippen LogP contribution in [0.3, 0.4) is 0 Å². The van der Waals surface area contributed by atoms with Crippen molar-refractivity contribution in [1.82, 2.24) is 20.6 Å². The number of amides is 2. The minimum absolute atomic E-state index is 0.128. The van der Waals surface area contributed by atoms with Gasteiger partial charge in [-0.25, -0.2) is 0 Å². The third-order valence-corrected chi connectivity index (χ3v) is 4.83. The Morgan fingerprint density at radius 3 is 1.93 bits per heavy atom. The highest BCUT2D eigenvalue weighted by Crippen LogP contribution is 2.23. The van der Waals surface area contributed by atoms with Crippen LogP contribution in [-0.4, -0.2) is 35.0 Å². The molecule has 1 aliphatic heterocycles. The molecule has 2 amide bonds. The summed E-state index contributed by atoms with van der Waals surface area (Å²) < 4.78 is 5.41. The molecular weight excluding hydrogens is 356 g/mol. The van der Waals surface area contributed by atoms with Crippen molar-refractivity contribution in [3.8, 4) is 0 Å².